The van der Waals surface area contributed by atoms with Gasteiger partial charge in [0.2, 0.25) is 5.91 Å². The van der Waals surface area contributed by atoms with Gasteiger partial charge in [-0.1, -0.05) is 313 Å². The van der Waals surface area contributed by atoms with Gasteiger partial charge in [0, 0.05) is 6.42 Å². The van der Waals surface area contributed by atoms with Crippen LogP contribution in [0.1, 0.15) is 277 Å². The summed E-state index contributed by atoms with van der Waals surface area (Å²) >= 11 is 0. The Bertz CT molecular complexity index is 1950. The zero-order chi connectivity index (χ0) is 63.5. The van der Waals surface area contributed by atoms with E-state index in [1.165, 1.54) is 141 Å². The molecule has 1 heterocycles. The predicted molar refractivity (Wildman–Crippen MR) is 377 cm³/mol. The predicted octanol–water partition coefficient (Wildman–Crippen LogP) is 19.9. The second kappa shape index (κ2) is 65.8. The SMILES string of the molecule is CC/C=C\C/C=C\C/C=C\C/C=C\C/C=C\C/C=C\C/C=C\C/C=C\C/C=C\C/C=C\C/C=C\CCCCCC(=O)NC(COC1OC(CO)C(O)C(O)C1O)C(O)/C=C/CC/C=C/CCCCCCCCCCCCCCCCCCCCCCCC. The molecule has 88 heavy (non-hydrogen) atoms. The van der Waals surface area contributed by atoms with E-state index in [2.05, 4.69) is 165 Å². The first-order valence-electron chi connectivity index (χ1n) is 35.7. The van der Waals surface area contributed by atoms with Crippen LogP contribution in [0.15, 0.2) is 158 Å². The Morgan fingerprint density at radius 2 is 0.716 bits per heavy atom. The van der Waals surface area contributed by atoms with Gasteiger partial charge in [0.25, 0.3) is 0 Å². The Morgan fingerprint density at radius 1 is 0.398 bits per heavy atom. The standard InChI is InChI=1S/C79H131NO8/c1-3-5-7-9-11-13-15-17-19-21-23-25-27-29-31-33-34-35-36-37-38-39-40-41-43-45-47-49-51-53-55-57-59-61-63-65-67-69-75(83)80-72(71-87-79-78(86)77(85)76(84)74(70-81)88-79)73(82)68-66-64-62-60-58-56-54-52-50-48-46-44-42-32-30-28-26-24-22-20-18-16-14-12-10-8-6-4-2/h5,7,11,13,17,19,23,25,29,31,34-35,37-38,40-41,45,47,51,53,57-60,66,68,72-74,76-79,81-82,84-86H,3-4,6,8-10,12,14-16,18,20-22,24,26-28,30,32-33,36,39,42-44,46,48-50,52,54-56,61-65,67,69-71H2,1-2H3,(H,80,83)/b7-5-,13-11-,19-17-,25-23-,31-29-,35-34-,38-37-,41-40-,47-45-,53-51-,59-57-,60-58+,68-66+. The first-order valence-corrected chi connectivity index (χ1v) is 35.7. The van der Waals surface area contributed by atoms with E-state index in [9.17, 15) is 30.3 Å². The summed E-state index contributed by atoms with van der Waals surface area (Å²) in [6.07, 6.45) is 96.3. The minimum atomic E-state index is -1.59. The summed E-state index contributed by atoms with van der Waals surface area (Å²) in [7, 11) is 0. The summed E-state index contributed by atoms with van der Waals surface area (Å²) in [4.78, 5) is 13.1. The smallest absolute Gasteiger partial charge is 0.220 e. The van der Waals surface area contributed by atoms with Crippen LogP contribution in [0.3, 0.4) is 0 Å². The summed E-state index contributed by atoms with van der Waals surface area (Å²) in [5, 5.41) is 54.7. The maximum atomic E-state index is 13.1. The zero-order valence-electron chi connectivity index (χ0n) is 55.9. The van der Waals surface area contributed by atoms with E-state index in [4.69, 9.17) is 9.47 Å². The van der Waals surface area contributed by atoms with Crippen molar-refractivity contribution >= 4 is 5.91 Å². The summed E-state index contributed by atoms with van der Waals surface area (Å²) in [5.41, 5.74) is 0. The molecule has 0 aliphatic carbocycles. The Morgan fingerprint density at radius 3 is 1.09 bits per heavy atom. The molecule has 1 rings (SSSR count). The van der Waals surface area contributed by atoms with Crippen molar-refractivity contribution in [3.8, 4) is 0 Å². The third-order valence-corrected chi connectivity index (χ3v) is 15.8. The molecule has 6 N–H and O–H groups in total. The van der Waals surface area contributed by atoms with Crippen molar-refractivity contribution in [2.24, 2.45) is 0 Å². The van der Waals surface area contributed by atoms with Crippen molar-refractivity contribution in [2.75, 3.05) is 13.2 Å². The number of rotatable bonds is 60. The van der Waals surface area contributed by atoms with E-state index >= 15 is 0 Å². The highest BCUT2D eigenvalue weighted by atomic mass is 16.7. The fraction of sp³-hybridized carbons (Fsp3) is 0.658. The molecule has 500 valence electrons. The molecule has 9 heteroatoms. The molecule has 0 spiro atoms. The minimum Gasteiger partial charge on any atom is -0.394 e. The molecule has 1 amide bonds. The van der Waals surface area contributed by atoms with E-state index in [-0.39, 0.29) is 18.9 Å². The maximum Gasteiger partial charge on any atom is 0.220 e. The quantitative estimate of drug-likeness (QED) is 0.0261. The molecular weight excluding hydrogens is 1090 g/mol. The third kappa shape index (κ3) is 53.6. The molecule has 1 saturated heterocycles. The molecule has 0 aromatic rings. The third-order valence-electron chi connectivity index (χ3n) is 15.8. The van der Waals surface area contributed by atoms with Crippen LogP contribution in [-0.2, 0) is 14.3 Å². The number of carbonyl (C=O) groups is 1. The van der Waals surface area contributed by atoms with Crippen molar-refractivity contribution in [3.05, 3.63) is 158 Å². The Kier molecular flexibility index (Phi) is 61.1. The number of amides is 1. The van der Waals surface area contributed by atoms with Gasteiger partial charge in [-0.25, -0.2) is 0 Å². The summed E-state index contributed by atoms with van der Waals surface area (Å²) in [6, 6.07) is -0.854. The molecule has 1 aliphatic rings. The second-order valence-corrected chi connectivity index (χ2v) is 23.9. The highest BCUT2D eigenvalue weighted by Gasteiger charge is 2.44. The van der Waals surface area contributed by atoms with Crippen molar-refractivity contribution in [1.29, 1.82) is 0 Å². The van der Waals surface area contributed by atoms with E-state index < -0.39 is 49.5 Å². The number of unbranched alkanes of at least 4 members (excludes halogenated alkanes) is 26. The summed E-state index contributed by atoms with van der Waals surface area (Å²) in [5.74, 6) is -0.223. The zero-order valence-corrected chi connectivity index (χ0v) is 55.9. The van der Waals surface area contributed by atoms with Crippen molar-refractivity contribution in [2.45, 2.75) is 320 Å². The number of allylic oxidation sites excluding steroid dienone is 25. The molecule has 1 aliphatic heterocycles. The lowest BCUT2D eigenvalue weighted by molar-refractivity contribution is -0.302. The van der Waals surface area contributed by atoms with E-state index in [0.717, 1.165) is 109 Å². The van der Waals surface area contributed by atoms with Crippen LogP contribution in [0.5, 0.6) is 0 Å². The van der Waals surface area contributed by atoms with Crippen LogP contribution < -0.4 is 5.32 Å². The molecular formula is C79H131NO8. The molecule has 7 unspecified atom stereocenters. The molecule has 0 aromatic heterocycles. The molecule has 1 fully saturated rings. The Hall–Kier alpha value is -4.19. The molecule has 9 nitrogen and oxygen atoms in total. The normalized spacial score (nSPS) is 18.9. The van der Waals surface area contributed by atoms with Crippen LogP contribution >= 0.6 is 0 Å². The van der Waals surface area contributed by atoms with E-state index in [1.54, 1.807) is 6.08 Å². The van der Waals surface area contributed by atoms with Crippen molar-refractivity contribution < 1.29 is 39.8 Å². The van der Waals surface area contributed by atoms with Gasteiger partial charge in [-0.2, -0.15) is 0 Å². The van der Waals surface area contributed by atoms with Crippen molar-refractivity contribution in [3.63, 3.8) is 0 Å². The van der Waals surface area contributed by atoms with Gasteiger partial charge >= 0.3 is 0 Å². The van der Waals surface area contributed by atoms with Gasteiger partial charge in [-0.3, -0.25) is 4.79 Å². The average Bonchev–Trinajstić information content (AvgIpc) is 3.29. The van der Waals surface area contributed by atoms with Gasteiger partial charge in [-0.15, -0.1) is 0 Å². The molecule has 0 saturated carbocycles. The first kappa shape index (κ1) is 81.8. The monoisotopic (exact) mass is 1220 g/mol. The Labute approximate surface area is 539 Å². The van der Waals surface area contributed by atoms with Crippen LogP contribution in [0, 0.1) is 0 Å². The lowest BCUT2D eigenvalue weighted by atomic mass is 9.99. The topological polar surface area (TPSA) is 149 Å². The number of hydrogen-bond acceptors (Lipinski definition) is 8. The number of ether oxygens (including phenoxy) is 2. The van der Waals surface area contributed by atoms with Crippen molar-refractivity contribution in [1.82, 2.24) is 5.32 Å². The van der Waals surface area contributed by atoms with Crippen LogP contribution in [-0.4, -0.2) is 87.5 Å². The fourth-order valence-corrected chi connectivity index (χ4v) is 10.3. The molecule has 0 radical (unpaired) electrons. The maximum absolute atomic E-state index is 13.1. The van der Waals surface area contributed by atoms with Gasteiger partial charge < -0.3 is 40.3 Å². The Balaban J connectivity index is 2.22. The largest absolute Gasteiger partial charge is 0.394 e. The number of hydrogen-bond donors (Lipinski definition) is 6. The number of nitrogens with one attached hydrogen (secondary N) is 1. The van der Waals surface area contributed by atoms with E-state index in [1.807, 2.05) is 6.08 Å². The van der Waals surface area contributed by atoms with Gasteiger partial charge in [0.15, 0.2) is 6.29 Å². The summed E-state index contributed by atoms with van der Waals surface area (Å²) in [6.45, 7) is 3.64. The van der Waals surface area contributed by atoms with E-state index in [0.29, 0.717) is 6.42 Å². The fourth-order valence-electron chi connectivity index (χ4n) is 10.3. The van der Waals surface area contributed by atoms with Gasteiger partial charge in [0.05, 0.1) is 25.4 Å². The lowest BCUT2D eigenvalue weighted by Crippen LogP contribution is -2.60. The highest BCUT2D eigenvalue weighted by Crippen LogP contribution is 2.23. The first-order chi connectivity index (χ1) is 43.3. The average molecular weight is 1220 g/mol. The number of aliphatic hydroxyl groups is 5. The van der Waals surface area contributed by atoms with Crippen LogP contribution in [0.4, 0.5) is 0 Å². The summed E-state index contributed by atoms with van der Waals surface area (Å²) < 4.78 is 11.3. The molecule has 7 atom stereocenters. The van der Waals surface area contributed by atoms with Crippen LogP contribution in [0.25, 0.3) is 0 Å². The molecule has 0 bridgehead atoms. The highest BCUT2D eigenvalue weighted by molar-refractivity contribution is 5.76. The second-order valence-electron chi connectivity index (χ2n) is 23.9. The number of aliphatic hydroxyl groups excluding tert-OH is 5. The van der Waals surface area contributed by atoms with Gasteiger partial charge in [-0.05, 0) is 116 Å². The van der Waals surface area contributed by atoms with Crippen LogP contribution in [0.2, 0.25) is 0 Å². The lowest BCUT2D eigenvalue weighted by Gasteiger charge is -2.40. The number of carbonyl (C=O) groups excluding carboxylic acids is 1. The van der Waals surface area contributed by atoms with Gasteiger partial charge in [0.1, 0.15) is 24.4 Å². The minimum absolute atomic E-state index is 0.223. The molecule has 0 aromatic carbocycles.